The molecule has 7 heteroatoms. The maximum atomic E-state index is 13.9. The fraction of sp³-hybridized carbons (Fsp3) is 0.250. The van der Waals surface area contributed by atoms with E-state index in [1.165, 1.54) is 30.7 Å². The van der Waals surface area contributed by atoms with E-state index in [9.17, 15) is 12.8 Å². The van der Waals surface area contributed by atoms with Crippen LogP contribution in [0, 0.1) is 5.82 Å². The fourth-order valence-electron chi connectivity index (χ4n) is 2.24. The second-order valence-corrected chi connectivity index (χ2v) is 6.50. The van der Waals surface area contributed by atoms with Crippen molar-refractivity contribution in [1.82, 2.24) is 0 Å². The van der Waals surface area contributed by atoms with Crippen LogP contribution >= 0.6 is 0 Å². The summed E-state index contributed by atoms with van der Waals surface area (Å²) in [5.41, 5.74) is 0.397. The molecule has 0 spiro atoms. The monoisotopic (exact) mass is 339 g/mol. The summed E-state index contributed by atoms with van der Waals surface area (Å²) >= 11 is 0. The van der Waals surface area contributed by atoms with Crippen molar-refractivity contribution in [2.75, 3.05) is 25.1 Å². The van der Waals surface area contributed by atoms with Gasteiger partial charge in [-0.1, -0.05) is 12.1 Å². The smallest absolute Gasteiger partial charge is 0.264 e. The largest absolute Gasteiger partial charge is 0.495 e. The average Bonchev–Trinajstić information content (AvgIpc) is 2.55. The summed E-state index contributed by atoms with van der Waals surface area (Å²) in [6.07, 6.45) is 0. The zero-order chi connectivity index (χ0) is 17.0. The lowest BCUT2D eigenvalue weighted by Crippen LogP contribution is -2.31. The Labute approximate surface area is 135 Å². The predicted octanol–water partition coefficient (Wildman–Crippen LogP) is 3.06. The van der Waals surface area contributed by atoms with E-state index < -0.39 is 15.8 Å². The Hall–Kier alpha value is -2.28. The third-order valence-electron chi connectivity index (χ3n) is 3.35. The number of rotatable bonds is 6. The van der Waals surface area contributed by atoms with E-state index in [4.69, 9.17) is 9.47 Å². The molecule has 0 amide bonds. The molecule has 0 aliphatic rings. The molecular formula is C16H18FNO4S. The quantitative estimate of drug-likeness (QED) is 0.812. The van der Waals surface area contributed by atoms with Gasteiger partial charge in [0, 0.05) is 6.54 Å². The number of hydrogen-bond donors (Lipinski definition) is 0. The molecule has 0 unspecified atom stereocenters. The first-order valence-corrected chi connectivity index (χ1v) is 8.39. The molecule has 23 heavy (non-hydrogen) atoms. The summed E-state index contributed by atoms with van der Waals surface area (Å²) < 4.78 is 50.8. The summed E-state index contributed by atoms with van der Waals surface area (Å²) in [4.78, 5) is -0.149. The number of sulfonamides is 1. The van der Waals surface area contributed by atoms with Crippen molar-refractivity contribution in [3.8, 4) is 11.5 Å². The lowest BCUT2D eigenvalue weighted by Gasteiger charge is -2.24. The summed E-state index contributed by atoms with van der Waals surface area (Å²) in [6.45, 7) is 1.88. The van der Waals surface area contributed by atoms with E-state index in [0.717, 1.165) is 6.07 Å². The second kappa shape index (κ2) is 6.87. The third kappa shape index (κ3) is 3.24. The van der Waals surface area contributed by atoms with E-state index >= 15 is 0 Å². The maximum absolute atomic E-state index is 13.9. The first kappa shape index (κ1) is 17.1. The normalized spacial score (nSPS) is 11.1. The second-order valence-electron chi connectivity index (χ2n) is 4.64. The van der Waals surface area contributed by atoms with Gasteiger partial charge < -0.3 is 9.47 Å². The van der Waals surface area contributed by atoms with Crippen LogP contribution in [-0.4, -0.2) is 29.2 Å². The molecule has 0 fully saturated rings. The highest BCUT2D eigenvalue weighted by Gasteiger charge is 2.26. The van der Waals surface area contributed by atoms with Crippen LogP contribution in [0.15, 0.2) is 47.4 Å². The van der Waals surface area contributed by atoms with Crippen LogP contribution in [0.5, 0.6) is 11.5 Å². The van der Waals surface area contributed by atoms with E-state index in [-0.39, 0.29) is 17.2 Å². The lowest BCUT2D eigenvalue weighted by molar-refractivity contribution is 0.385. The van der Waals surface area contributed by atoms with Gasteiger partial charge in [-0.25, -0.2) is 12.8 Å². The molecule has 0 saturated heterocycles. The highest BCUT2D eigenvalue weighted by molar-refractivity contribution is 7.92. The van der Waals surface area contributed by atoms with Gasteiger partial charge in [0.2, 0.25) is 0 Å². The summed E-state index contributed by atoms with van der Waals surface area (Å²) in [7, 11) is -1.14. The number of benzene rings is 2. The Morgan fingerprint density at radius 3 is 2.26 bits per heavy atom. The summed E-state index contributed by atoms with van der Waals surface area (Å²) in [5, 5.41) is 0. The van der Waals surface area contributed by atoms with Gasteiger partial charge in [-0.3, -0.25) is 4.31 Å². The van der Waals surface area contributed by atoms with Crippen molar-refractivity contribution in [2.45, 2.75) is 11.8 Å². The Bertz CT molecular complexity index is 792. The molecular weight excluding hydrogens is 321 g/mol. The van der Waals surface area contributed by atoms with Gasteiger partial charge in [-0.15, -0.1) is 0 Å². The lowest BCUT2D eigenvalue weighted by atomic mass is 10.3. The van der Waals surface area contributed by atoms with Crippen molar-refractivity contribution in [3.63, 3.8) is 0 Å². The van der Waals surface area contributed by atoms with Gasteiger partial charge >= 0.3 is 0 Å². The zero-order valence-electron chi connectivity index (χ0n) is 13.1. The van der Waals surface area contributed by atoms with E-state index in [1.807, 2.05) is 0 Å². The third-order valence-corrected chi connectivity index (χ3v) is 5.24. The highest BCUT2D eigenvalue weighted by Crippen LogP contribution is 2.32. The Balaban J connectivity index is 2.53. The van der Waals surface area contributed by atoms with Crippen LogP contribution in [-0.2, 0) is 10.0 Å². The summed E-state index contributed by atoms with van der Waals surface area (Å²) in [5.74, 6) is -0.319. The van der Waals surface area contributed by atoms with Crippen molar-refractivity contribution in [2.24, 2.45) is 0 Å². The molecule has 124 valence electrons. The molecule has 0 radical (unpaired) electrons. The predicted molar refractivity (Wildman–Crippen MR) is 86.2 cm³/mol. The maximum Gasteiger partial charge on any atom is 0.264 e. The topological polar surface area (TPSA) is 55.8 Å². The number of anilines is 1. The molecule has 2 aromatic carbocycles. The molecule has 0 aliphatic heterocycles. The Morgan fingerprint density at radius 2 is 1.70 bits per heavy atom. The average molecular weight is 339 g/mol. The van der Waals surface area contributed by atoms with Gasteiger partial charge in [0.25, 0.3) is 10.0 Å². The van der Waals surface area contributed by atoms with Gasteiger partial charge in [0.15, 0.2) is 11.6 Å². The minimum atomic E-state index is -3.93. The molecule has 5 nitrogen and oxygen atoms in total. The van der Waals surface area contributed by atoms with E-state index in [2.05, 4.69) is 0 Å². The minimum absolute atomic E-state index is 0.00992. The van der Waals surface area contributed by atoms with Crippen LogP contribution in [0.1, 0.15) is 6.92 Å². The molecule has 0 aromatic heterocycles. The Kier molecular flexibility index (Phi) is 5.10. The van der Waals surface area contributed by atoms with Crippen LogP contribution in [0.3, 0.4) is 0 Å². The molecule has 0 heterocycles. The van der Waals surface area contributed by atoms with Gasteiger partial charge in [-0.05, 0) is 37.3 Å². The highest BCUT2D eigenvalue weighted by atomic mass is 32.2. The van der Waals surface area contributed by atoms with Crippen LogP contribution in [0.4, 0.5) is 10.1 Å². The molecule has 0 aliphatic carbocycles. The van der Waals surface area contributed by atoms with Crippen molar-refractivity contribution >= 4 is 15.7 Å². The number of ether oxygens (including phenoxy) is 2. The first-order chi connectivity index (χ1) is 11.0. The zero-order valence-corrected chi connectivity index (χ0v) is 13.9. The van der Waals surface area contributed by atoms with Gasteiger partial charge in [0.05, 0.1) is 24.8 Å². The number of methoxy groups -OCH3 is 2. The van der Waals surface area contributed by atoms with Gasteiger partial charge in [-0.2, -0.15) is 0 Å². The summed E-state index contributed by atoms with van der Waals surface area (Å²) in [6, 6.07) is 10.3. The first-order valence-electron chi connectivity index (χ1n) is 6.95. The SMILES string of the molecule is CCN(c1ccccc1OC)S(=O)(=O)c1ccc(OC)c(F)c1. The number of halogens is 1. The molecule has 0 N–H and O–H groups in total. The fourth-order valence-corrected chi connectivity index (χ4v) is 3.74. The number of nitrogens with zero attached hydrogens (tertiary/aromatic N) is 1. The molecule has 0 atom stereocenters. The molecule has 2 rings (SSSR count). The van der Waals surface area contributed by atoms with E-state index in [0.29, 0.717) is 11.4 Å². The van der Waals surface area contributed by atoms with Crippen LogP contribution in [0.2, 0.25) is 0 Å². The molecule has 0 saturated carbocycles. The standard InChI is InChI=1S/C16H18FNO4S/c1-4-18(14-7-5-6-8-16(14)22-3)23(19,20)12-9-10-15(21-2)13(17)11-12/h5-11H,4H2,1-3H3. The van der Waals surface area contributed by atoms with Crippen LogP contribution < -0.4 is 13.8 Å². The number of para-hydroxylation sites is 2. The van der Waals surface area contributed by atoms with Crippen molar-refractivity contribution in [1.29, 1.82) is 0 Å². The van der Waals surface area contributed by atoms with E-state index in [1.54, 1.807) is 31.2 Å². The van der Waals surface area contributed by atoms with Crippen molar-refractivity contribution < 1.29 is 22.3 Å². The van der Waals surface area contributed by atoms with Crippen LogP contribution in [0.25, 0.3) is 0 Å². The number of hydrogen-bond acceptors (Lipinski definition) is 4. The molecule has 2 aromatic rings. The molecule has 0 bridgehead atoms. The Morgan fingerprint density at radius 1 is 1.04 bits per heavy atom. The minimum Gasteiger partial charge on any atom is -0.495 e. The van der Waals surface area contributed by atoms with Gasteiger partial charge in [0.1, 0.15) is 5.75 Å². The van der Waals surface area contributed by atoms with Crippen molar-refractivity contribution in [3.05, 3.63) is 48.3 Å².